The summed E-state index contributed by atoms with van der Waals surface area (Å²) in [5.41, 5.74) is 0. The predicted octanol–water partition coefficient (Wildman–Crippen LogP) is 23.9. The molecule has 0 fully saturated rings. The average Bonchev–Trinajstić information content (AvgIpc) is 1.15. The summed E-state index contributed by atoms with van der Waals surface area (Å²) in [6.07, 6.45) is 60.8. The van der Waals surface area contributed by atoms with Crippen LogP contribution in [0.3, 0.4) is 0 Å². The highest BCUT2D eigenvalue weighted by molar-refractivity contribution is 7.47. The van der Waals surface area contributed by atoms with Gasteiger partial charge in [-0.3, -0.25) is 37.3 Å². The van der Waals surface area contributed by atoms with Crippen LogP contribution in [0.5, 0.6) is 0 Å². The van der Waals surface area contributed by atoms with Crippen molar-refractivity contribution in [1.29, 1.82) is 0 Å². The van der Waals surface area contributed by atoms with Gasteiger partial charge in [-0.05, 0) is 37.5 Å². The maximum Gasteiger partial charge on any atom is 0.472 e. The smallest absolute Gasteiger partial charge is 0.462 e. The van der Waals surface area contributed by atoms with Gasteiger partial charge >= 0.3 is 39.5 Å². The van der Waals surface area contributed by atoms with Gasteiger partial charge in [-0.15, -0.1) is 0 Å². The molecule has 0 bridgehead atoms. The van der Waals surface area contributed by atoms with E-state index >= 15 is 0 Å². The van der Waals surface area contributed by atoms with Crippen molar-refractivity contribution in [2.45, 2.75) is 439 Å². The third-order valence-corrected chi connectivity index (χ3v) is 21.0. The van der Waals surface area contributed by atoms with Crippen LogP contribution in [0.1, 0.15) is 420 Å². The third kappa shape index (κ3) is 72.8. The highest BCUT2D eigenvalue weighted by atomic mass is 31.2. The molecule has 0 saturated carbocycles. The molecule has 0 spiro atoms. The molecule has 0 aromatic carbocycles. The van der Waals surface area contributed by atoms with Gasteiger partial charge in [0.05, 0.1) is 26.4 Å². The minimum absolute atomic E-state index is 0.108. The second kappa shape index (κ2) is 71.7. The lowest BCUT2D eigenvalue weighted by Crippen LogP contribution is -2.30. The number of phosphoric ester groups is 2. The average molecular weight is 1450 g/mol. The van der Waals surface area contributed by atoms with Crippen LogP contribution >= 0.6 is 15.6 Å². The van der Waals surface area contributed by atoms with E-state index in [2.05, 4.69) is 41.5 Å². The molecule has 0 rings (SSSR count). The van der Waals surface area contributed by atoms with E-state index < -0.39 is 97.5 Å². The Bertz CT molecular complexity index is 1910. The Morgan fingerprint density at radius 3 is 0.768 bits per heavy atom. The lowest BCUT2D eigenvalue weighted by molar-refractivity contribution is -0.161. The molecule has 0 heterocycles. The fraction of sp³-hybridized carbons (Fsp3) is 0.950. The molecule has 17 nitrogen and oxygen atoms in total. The Morgan fingerprint density at radius 1 is 0.293 bits per heavy atom. The fourth-order valence-corrected chi connectivity index (χ4v) is 13.9. The van der Waals surface area contributed by atoms with Gasteiger partial charge in [-0.25, -0.2) is 9.13 Å². The molecule has 3 unspecified atom stereocenters. The van der Waals surface area contributed by atoms with Gasteiger partial charge in [0, 0.05) is 25.7 Å². The quantitative estimate of drug-likeness (QED) is 0.0222. The van der Waals surface area contributed by atoms with Gasteiger partial charge in [0.25, 0.3) is 0 Å². The summed E-state index contributed by atoms with van der Waals surface area (Å²) < 4.78 is 68.7. The number of hydrogen-bond acceptors (Lipinski definition) is 15. The number of hydrogen-bond donors (Lipinski definition) is 3. The molecule has 588 valence electrons. The zero-order valence-electron chi connectivity index (χ0n) is 64.8. The molecule has 0 aliphatic heterocycles. The third-order valence-electron chi connectivity index (χ3n) is 19.1. The molecular weight excluding hydrogens is 1290 g/mol. The molecule has 0 aliphatic carbocycles. The summed E-state index contributed by atoms with van der Waals surface area (Å²) >= 11 is 0. The van der Waals surface area contributed by atoms with Gasteiger partial charge in [0.1, 0.15) is 19.3 Å². The summed E-state index contributed by atoms with van der Waals surface area (Å²) in [7, 11) is -9.92. The van der Waals surface area contributed by atoms with Crippen LogP contribution < -0.4 is 0 Å². The summed E-state index contributed by atoms with van der Waals surface area (Å²) in [5, 5.41) is 10.6. The van der Waals surface area contributed by atoms with Crippen molar-refractivity contribution >= 4 is 39.5 Å². The normalized spacial score (nSPS) is 14.2. The molecule has 3 N–H and O–H groups in total. The van der Waals surface area contributed by atoms with Crippen molar-refractivity contribution in [3.8, 4) is 0 Å². The van der Waals surface area contributed by atoms with E-state index in [4.69, 9.17) is 37.0 Å². The van der Waals surface area contributed by atoms with Crippen LogP contribution in [0.15, 0.2) is 0 Å². The topological polar surface area (TPSA) is 237 Å². The highest BCUT2D eigenvalue weighted by Gasteiger charge is 2.30. The summed E-state index contributed by atoms with van der Waals surface area (Å²) in [6.45, 7) is 9.71. The van der Waals surface area contributed by atoms with E-state index in [1.165, 1.54) is 238 Å². The largest absolute Gasteiger partial charge is 0.472 e. The van der Waals surface area contributed by atoms with Crippen molar-refractivity contribution in [3.05, 3.63) is 0 Å². The van der Waals surface area contributed by atoms with E-state index in [0.29, 0.717) is 25.7 Å². The second-order valence-electron chi connectivity index (χ2n) is 29.5. The van der Waals surface area contributed by atoms with Crippen LogP contribution in [0.4, 0.5) is 0 Å². The number of unbranched alkanes of at least 4 members (excludes halogenated alkanes) is 48. The Labute approximate surface area is 607 Å². The number of carbonyl (C=O) groups excluding carboxylic acids is 4. The maximum atomic E-state index is 13.1. The number of phosphoric acid groups is 2. The Kier molecular flexibility index (Phi) is 70.3. The zero-order valence-corrected chi connectivity index (χ0v) is 66.6. The van der Waals surface area contributed by atoms with Gasteiger partial charge < -0.3 is 33.8 Å². The first-order valence-electron chi connectivity index (χ1n) is 41.5. The number of rotatable bonds is 79. The Balaban J connectivity index is 5.24. The Hall–Kier alpha value is -1.94. The van der Waals surface area contributed by atoms with Crippen LogP contribution in [-0.4, -0.2) is 96.7 Å². The monoisotopic (exact) mass is 1450 g/mol. The molecule has 0 radical (unpaired) electrons. The molecule has 0 aromatic heterocycles. The van der Waals surface area contributed by atoms with Crippen molar-refractivity contribution in [1.82, 2.24) is 0 Å². The molecule has 0 aromatic rings. The molecule has 19 heteroatoms. The Morgan fingerprint density at radius 2 is 0.515 bits per heavy atom. The first-order valence-corrected chi connectivity index (χ1v) is 44.5. The second-order valence-corrected chi connectivity index (χ2v) is 32.4. The molecular formula is C80H156O17P2. The number of ether oxygens (including phenoxy) is 4. The number of carbonyl (C=O) groups is 4. The molecule has 99 heavy (non-hydrogen) atoms. The molecule has 0 amide bonds. The van der Waals surface area contributed by atoms with Gasteiger partial charge in [-0.2, -0.15) is 0 Å². The van der Waals surface area contributed by atoms with Crippen molar-refractivity contribution in [2.75, 3.05) is 39.6 Å². The minimum atomic E-state index is -4.96. The lowest BCUT2D eigenvalue weighted by Gasteiger charge is -2.21. The predicted molar refractivity (Wildman–Crippen MR) is 405 cm³/mol. The van der Waals surface area contributed by atoms with E-state index in [-0.39, 0.29) is 25.7 Å². The van der Waals surface area contributed by atoms with Gasteiger partial charge in [-0.1, -0.05) is 369 Å². The van der Waals surface area contributed by atoms with Crippen LogP contribution in [-0.2, 0) is 65.4 Å². The standard InChI is InChI=1S/C80H156O17P2/c1-7-10-12-14-16-18-20-33-40-46-52-58-64-79(84)96-75(68-90-77(82)62-56-50-44-38-30-19-17-15-13-11-8-2)70-94-98(86,87)92-66-74(81)67-93-99(88,89)95-71-76(97-80(85)65-59-53-47-41-35-29-23-21-22-26-31-36-42-48-54-60-72(4)5)69-91-78(83)63-57-51-45-39-34-28-25-24-27-32-37-43-49-55-61-73(6)9-3/h72-76,81H,7-71H2,1-6H3,(H,86,87)(H,88,89)/t73?,74-,75+,76+/m0/s1. The number of aliphatic hydroxyl groups is 1. The van der Waals surface area contributed by atoms with Crippen molar-refractivity contribution in [2.24, 2.45) is 11.8 Å². The summed E-state index contributed by atoms with van der Waals surface area (Å²) in [6, 6.07) is 0. The number of esters is 4. The molecule has 0 aliphatic rings. The summed E-state index contributed by atoms with van der Waals surface area (Å²) in [4.78, 5) is 73.0. The SMILES string of the molecule is CCCCCCCCCCCCCCC(=O)O[C@H](COC(=O)CCCCCCCCCCCCC)COP(=O)(O)OC[C@H](O)COP(=O)(O)OC[C@@H](COC(=O)CCCCCCCCCCCCCCCCC(C)CC)OC(=O)CCCCCCCCCCCCCCCCCC(C)C. The fourth-order valence-electron chi connectivity index (χ4n) is 12.3. The van der Waals surface area contributed by atoms with Crippen LogP contribution in [0.2, 0.25) is 0 Å². The van der Waals surface area contributed by atoms with Gasteiger partial charge in [0.15, 0.2) is 12.2 Å². The van der Waals surface area contributed by atoms with Crippen LogP contribution in [0, 0.1) is 11.8 Å². The van der Waals surface area contributed by atoms with E-state index in [9.17, 15) is 43.2 Å². The van der Waals surface area contributed by atoms with E-state index in [0.717, 1.165) is 102 Å². The summed E-state index contributed by atoms with van der Waals surface area (Å²) in [5.74, 6) is -0.455. The zero-order chi connectivity index (χ0) is 72.8. The van der Waals surface area contributed by atoms with Gasteiger partial charge in [0.2, 0.25) is 0 Å². The van der Waals surface area contributed by atoms with E-state index in [1.807, 2.05) is 0 Å². The van der Waals surface area contributed by atoms with Crippen molar-refractivity contribution < 1.29 is 80.2 Å². The minimum Gasteiger partial charge on any atom is -0.462 e. The van der Waals surface area contributed by atoms with Crippen LogP contribution in [0.25, 0.3) is 0 Å². The lowest BCUT2D eigenvalue weighted by atomic mass is 9.99. The van der Waals surface area contributed by atoms with E-state index in [1.54, 1.807) is 0 Å². The number of aliphatic hydroxyl groups excluding tert-OH is 1. The maximum absolute atomic E-state index is 13.1. The first-order chi connectivity index (χ1) is 47.9. The first kappa shape index (κ1) is 97.1. The highest BCUT2D eigenvalue weighted by Crippen LogP contribution is 2.45. The van der Waals surface area contributed by atoms with Crippen molar-refractivity contribution in [3.63, 3.8) is 0 Å². The molecule has 0 saturated heterocycles. The molecule has 6 atom stereocenters.